The summed E-state index contributed by atoms with van der Waals surface area (Å²) < 4.78 is 5.21. The Morgan fingerprint density at radius 3 is 0.955 bits per heavy atom. The van der Waals surface area contributed by atoms with E-state index in [1.807, 2.05) is 45.3 Å². The molecule has 0 saturated heterocycles. The van der Waals surface area contributed by atoms with Gasteiger partial charge in [-0.1, -0.05) is 109 Å². The maximum absolute atomic E-state index is 2.45. The molecule has 4 aromatic heterocycles. The van der Waals surface area contributed by atoms with Gasteiger partial charge in [-0.25, -0.2) is 0 Å². The molecule has 0 fully saturated rings. The van der Waals surface area contributed by atoms with E-state index in [1.165, 1.54) is 104 Å². The predicted molar refractivity (Wildman–Crippen MR) is 292 cm³/mol. The van der Waals surface area contributed by atoms with E-state index in [9.17, 15) is 0 Å². The van der Waals surface area contributed by atoms with Crippen molar-refractivity contribution in [2.45, 2.75) is 0 Å². The third-order valence-corrected chi connectivity index (χ3v) is 17.4. The van der Waals surface area contributed by atoms with Crippen LogP contribution in [0.25, 0.3) is 93.5 Å². The first-order chi connectivity index (χ1) is 32.7. The Bertz CT molecular complexity index is 3660. The van der Waals surface area contributed by atoms with Gasteiger partial charge in [0.2, 0.25) is 0 Å². The number of hydrogen-bond donors (Lipinski definition) is 0. The molecule has 0 radical (unpaired) electrons. The van der Waals surface area contributed by atoms with Crippen LogP contribution in [0.4, 0.5) is 32.8 Å². The summed E-state index contributed by atoms with van der Waals surface area (Å²) in [5, 5.41) is 15.5. The van der Waals surface area contributed by atoms with Gasteiger partial charge in [-0.2, -0.15) is 0 Å². The molecule has 14 rings (SSSR count). The van der Waals surface area contributed by atoms with Crippen molar-refractivity contribution in [1.29, 1.82) is 0 Å². The molecule has 4 heterocycles. The Morgan fingerprint density at radius 1 is 0.258 bits per heavy atom. The maximum Gasteiger partial charge on any atom is 0.101 e. The van der Waals surface area contributed by atoms with E-state index in [0.29, 0.717) is 0 Å². The second-order valence-corrected chi connectivity index (χ2v) is 21.2. The average molecular weight is 913 g/mol. The van der Waals surface area contributed by atoms with Crippen molar-refractivity contribution in [3.8, 4) is 20.9 Å². The molecule has 10 aromatic carbocycles. The molecule has 0 bridgehead atoms. The van der Waals surface area contributed by atoms with Gasteiger partial charge >= 0.3 is 0 Å². The van der Waals surface area contributed by atoms with E-state index in [0.717, 1.165) is 22.7 Å². The van der Waals surface area contributed by atoms with Gasteiger partial charge in [-0.3, -0.25) is 0 Å². The molecule has 0 aliphatic heterocycles. The fraction of sp³-hybridized carbons (Fsp3) is 0. The number of rotatable bonds is 8. The average Bonchev–Trinajstić information content (AvgIpc) is 4.17. The summed E-state index contributed by atoms with van der Waals surface area (Å²) in [6.45, 7) is 0. The van der Waals surface area contributed by atoms with Crippen LogP contribution >= 0.6 is 45.3 Å². The monoisotopic (exact) mass is 912 g/mol. The maximum atomic E-state index is 2.45. The Balaban J connectivity index is 0.846. The van der Waals surface area contributed by atoms with Crippen molar-refractivity contribution in [2.75, 3.05) is 9.80 Å². The van der Waals surface area contributed by atoms with Gasteiger partial charge in [-0.15, -0.1) is 45.3 Å². The van der Waals surface area contributed by atoms with Crippen LogP contribution in [-0.4, -0.2) is 0 Å². The quantitative estimate of drug-likeness (QED) is 0.140. The van der Waals surface area contributed by atoms with Crippen molar-refractivity contribution in [1.82, 2.24) is 0 Å². The minimum absolute atomic E-state index is 1.16. The fourth-order valence-electron chi connectivity index (χ4n) is 9.98. The van der Waals surface area contributed by atoms with Gasteiger partial charge in [0.25, 0.3) is 0 Å². The molecule has 310 valence electrons. The molecule has 0 unspecified atom stereocenters. The Kier molecular flexibility index (Phi) is 8.71. The number of hydrogen-bond acceptors (Lipinski definition) is 6. The van der Waals surface area contributed by atoms with E-state index in [4.69, 9.17) is 0 Å². The van der Waals surface area contributed by atoms with Gasteiger partial charge < -0.3 is 9.80 Å². The number of benzene rings is 10. The Morgan fingerprint density at radius 2 is 0.591 bits per heavy atom. The largest absolute Gasteiger partial charge is 0.302 e. The lowest BCUT2D eigenvalue weighted by Gasteiger charge is -2.23. The Labute approximate surface area is 397 Å². The van der Waals surface area contributed by atoms with E-state index in [1.54, 1.807) is 0 Å². The van der Waals surface area contributed by atoms with Crippen molar-refractivity contribution in [3.63, 3.8) is 0 Å². The zero-order valence-electron chi connectivity index (χ0n) is 35.3. The summed E-state index contributed by atoms with van der Waals surface area (Å²) in [6.07, 6.45) is 0. The van der Waals surface area contributed by atoms with Crippen LogP contribution in [0.5, 0.6) is 0 Å². The summed E-state index contributed by atoms with van der Waals surface area (Å²) >= 11 is 7.52. The molecular weight excluding hydrogens is 877 g/mol. The summed E-state index contributed by atoms with van der Waals surface area (Å²) in [5.41, 5.74) is 7.25. The van der Waals surface area contributed by atoms with Crippen LogP contribution in [0.1, 0.15) is 0 Å². The molecule has 0 aliphatic rings. The van der Waals surface area contributed by atoms with Crippen molar-refractivity contribution >= 4 is 151 Å². The van der Waals surface area contributed by atoms with Crippen LogP contribution in [-0.2, 0) is 0 Å². The van der Waals surface area contributed by atoms with Crippen LogP contribution in [0.15, 0.2) is 218 Å². The van der Waals surface area contributed by atoms with Crippen LogP contribution in [0.3, 0.4) is 0 Å². The molecule has 0 spiro atoms. The van der Waals surface area contributed by atoms with E-state index in [2.05, 4.69) is 228 Å². The fourth-order valence-corrected chi connectivity index (χ4v) is 14.5. The highest BCUT2D eigenvalue weighted by Gasteiger charge is 2.21. The molecule has 6 heteroatoms. The highest BCUT2D eigenvalue weighted by molar-refractivity contribution is 7.25. The lowest BCUT2D eigenvalue weighted by molar-refractivity contribution is 1.32. The number of para-hydroxylation sites is 4. The first-order valence-corrected chi connectivity index (χ1v) is 25.4. The minimum atomic E-state index is 1.16. The normalized spacial score (nSPS) is 11.9. The van der Waals surface area contributed by atoms with Crippen LogP contribution in [0, 0.1) is 0 Å². The van der Waals surface area contributed by atoms with Gasteiger partial charge in [0, 0.05) is 62.4 Å². The van der Waals surface area contributed by atoms with Crippen LogP contribution in [0.2, 0.25) is 0 Å². The summed E-state index contributed by atoms with van der Waals surface area (Å²) in [6, 6.07) is 80.5. The lowest BCUT2D eigenvalue weighted by Crippen LogP contribution is -2.07. The first kappa shape index (κ1) is 38.0. The lowest BCUT2D eigenvalue weighted by atomic mass is 9.88. The van der Waals surface area contributed by atoms with Crippen molar-refractivity contribution < 1.29 is 0 Å². The summed E-state index contributed by atoms with van der Waals surface area (Å²) in [7, 11) is 0. The molecule has 0 atom stereocenters. The molecule has 0 saturated carbocycles. The molecular formula is C60H36N2S4. The van der Waals surface area contributed by atoms with Crippen molar-refractivity contribution in [3.05, 3.63) is 218 Å². The topological polar surface area (TPSA) is 6.48 Å². The van der Waals surface area contributed by atoms with Gasteiger partial charge in [0.15, 0.2) is 0 Å². The van der Waals surface area contributed by atoms with E-state index < -0.39 is 0 Å². The van der Waals surface area contributed by atoms with E-state index in [-0.39, 0.29) is 0 Å². The second-order valence-electron chi connectivity index (χ2n) is 16.9. The molecule has 66 heavy (non-hydrogen) atoms. The number of fused-ring (bicyclic) bond motifs is 4. The zero-order chi connectivity index (χ0) is 43.3. The van der Waals surface area contributed by atoms with Gasteiger partial charge in [-0.05, 0) is 163 Å². The summed E-state index contributed by atoms with van der Waals surface area (Å²) in [4.78, 5) is 7.35. The highest BCUT2D eigenvalue weighted by atomic mass is 32.1. The SMILES string of the molecule is c1ccc(N(c2ccccc2)c2cc3cc4sc(-c5cc6cccc7c(-c8cc9cc%10sc(N(c%11ccccc%11)c%11ccccc%11)cc%10cc9s8)cc8cccc5c8c67)cc4cc3s2)cc1. The molecule has 0 N–H and O–H groups in total. The molecule has 0 aliphatic carbocycles. The molecule has 14 aromatic rings. The number of nitrogens with zero attached hydrogens (tertiary/aromatic N) is 2. The Hall–Kier alpha value is -7.32. The summed E-state index contributed by atoms with van der Waals surface area (Å²) in [5.74, 6) is 0. The standard InChI is InChI=1S/C60H36N2S4/c1-5-17-43(18-6-1)61(44-19-7-2-8-20-44)57-35-41-31-51-39(29-53(41)65-57)33-55(63-51)49-27-37-15-14-26-48-50(28-38-16-13-25-47(49)59(38)60(37)48)56-34-40-30-54-42(32-52(40)64-56)36-58(66-54)62(45-21-9-3-10-22-45)46-23-11-4-12-24-46/h1-36H. The predicted octanol–water partition coefficient (Wildman–Crippen LogP) is 19.7. The van der Waals surface area contributed by atoms with E-state index >= 15 is 0 Å². The van der Waals surface area contributed by atoms with Crippen molar-refractivity contribution in [2.24, 2.45) is 0 Å². The third-order valence-electron chi connectivity index (χ3n) is 12.9. The third kappa shape index (κ3) is 6.18. The smallest absolute Gasteiger partial charge is 0.101 e. The first-order valence-electron chi connectivity index (χ1n) is 22.1. The highest BCUT2D eigenvalue weighted by Crippen LogP contribution is 2.50. The van der Waals surface area contributed by atoms with Gasteiger partial charge in [0.05, 0.1) is 0 Å². The van der Waals surface area contributed by atoms with Crippen LogP contribution < -0.4 is 9.80 Å². The molecule has 2 nitrogen and oxygen atoms in total. The number of anilines is 6. The zero-order valence-corrected chi connectivity index (χ0v) is 38.6. The van der Waals surface area contributed by atoms with Gasteiger partial charge in [0.1, 0.15) is 10.0 Å². The molecule has 0 amide bonds. The minimum Gasteiger partial charge on any atom is -0.302 e. The second kappa shape index (κ2) is 15.1. The number of thiophene rings is 4.